The molecule has 1 atom stereocenters. The van der Waals surface area contributed by atoms with Crippen molar-refractivity contribution in [3.8, 4) is 0 Å². The number of amides is 1. The fraction of sp³-hybridized carbons (Fsp3) is 0.538. The smallest absolute Gasteiger partial charge is 0.292 e. The molecule has 0 aromatic carbocycles. The molecule has 1 fully saturated rings. The Morgan fingerprint density at radius 1 is 1.62 bits per heavy atom. The Labute approximate surface area is 121 Å². The van der Waals surface area contributed by atoms with E-state index in [1.54, 1.807) is 4.68 Å². The van der Waals surface area contributed by atoms with E-state index >= 15 is 0 Å². The number of aryl methyl sites for hydroxylation is 1. The van der Waals surface area contributed by atoms with Crippen LogP contribution < -0.4 is 10.6 Å². The molecule has 21 heavy (non-hydrogen) atoms. The van der Waals surface area contributed by atoms with E-state index < -0.39 is 0 Å². The second-order valence-electron chi connectivity index (χ2n) is 5.09. The molecule has 3 rings (SSSR count). The van der Waals surface area contributed by atoms with Crippen molar-refractivity contribution in [2.24, 2.45) is 7.05 Å². The number of rotatable bonds is 5. The highest BCUT2D eigenvalue weighted by molar-refractivity contribution is 5.90. The third-order valence-corrected chi connectivity index (χ3v) is 3.44. The summed E-state index contributed by atoms with van der Waals surface area (Å²) in [5, 5.41) is 14.0. The van der Waals surface area contributed by atoms with E-state index in [2.05, 4.69) is 25.9 Å². The maximum Gasteiger partial charge on any atom is 0.292 e. The summed E-state index contributed by atoms with van der Waals surface area (Å²) in [6, 6.07) is 2.00. The van der Waals surface area contributed by atoms with Crippen molar-refractivity contribution in [2.75, 3.05) is 13.1 Å². The molecule has 2 aromatic heterocycles. The number of hydrogen-bond donors (Lipinski definition) is 2. The molecular formula is C13H18N6O2. The molecule has 0 bridgehead atoms. The predicted molar refractivity (Wildman–Crippen MR) is 73.5 cm³/mol. The first-order chi connectivity index (χ1) is 10.2. The summed E-state index contributed by atoms with van der Waals surface area (Å²) in [4.78, 5) is 16.1. The van der Waals surface area contributed by atoms with Crippen molar-refractivity contribution in [1.82, 2.24) is 30.6 Å². The lowest BCUT2D eigenvalue weighted by Gasteiger charge is -2.01. The van der Waals surface area contributed by atoms with Crippen LogP contribution in [0.15, 0.2) is 16.8 Å². The molecular weight excluding hydrogens is 272 g/mol. The Morgan fingerprint density at radius 2 is 2.52 bits per heavy atom. The van der Waals surface area contributed by atoms with Gasteiger partial charge in [-0.25, -0.2) is 0 Å². The Balaban J connectivity index is 1.50. The van der Waals surface area contributed by atoms with Crippen molar-refractivity contribution in [3.05, 3.63) is 29.7 Å². The summed E-state index contributed by atoms with van der Waals surface area (Å²) in [5.74, 6) is 0.251. The van der Waals surface area contributed by atoms with E-state index in [4.69, 9.17) is 4.52 Å². The van der Waals surface area contributed by atoms with Crippen LogP contribution in [-0.4, -0.2) is 38.9 Å². The second-order valence-corrected chi connectivity index (χ2v) is 5.09. The van der Waals surface area contributed by atoms with Gasteiger partial charge in [-0.3, -0.25) is 9.48 Å². The fourth-order valence-corrected chi connectivity index (χ4v) is 2.34. The molecule has 0 saturated carbocycles. The normalized spacial score (nSPS) is 18.0. The summed E-state index contributed by atoms with van der Waals surface area (Å²) in [6.07, 6.45) is 4.58. The highest BCUT2D eigenvalue weighted by Gasteiger charge is 2.24. The van der Waals surface area contributed by atoms with Crippen LogP contribution in [0.2, 0.25) is 0 Å². The topological polar surface area (TPSA) is 97.9 Å². The van der Waals surface area contributed by atoms with Crippen molar-refractivity contribution >= 4 is 5.91 Å². The number of nitrogens with zero attached hydrogens (tertiary/aromatic N) is 4. The molecule has 8 heteroatoms. The van der Waals surface area contributed by atoms with Gasteiger partial charge in [0.15, 0.2) is 0 Å². The summed E-state index contributed by atoms with van der Waals surface area (Å²) in [6.45, 7) is 1.43. The van der Waals surface area contributed by atoms with Crippen LogP contribution in [0.3, 0.4) is 0 Å². The molecule has 1 unspecified atom stereocenters. The number of carbonyl (C=O) groups is 1. The molecule has 112 valence electrons. The van der Waals surface area contributed by atoms with Crippen molar-refractivity contribution < 1.29 is 9.32 Å². The van der Waals surface area contributed by atoms with Gasteiger partial charge in [0.25, 0.3) is 11.7 Å². The van der Waals surface area contributed by atoms with Gasteiger partial charge in [0.05, 0.1) is 11.7 Å². The molecule has 1 aliphatic rings. The summed E-state index contributed by atoms with van der Waals surface area (Å²) in [5.41, 5.74) is 0.932. The lowest BCUT2D eigenvalue weighted by atomic mass is 10.2. The van der Waals surface area contributed by atoms with Crippen LogP contribution in [0.5, 0.6) is 0 Å². The Hall–Kier alpha value is -2.22. The maximum atomic E-state index is 11.9. The minimum atomic E-state index is -0.320. The molecule has 1 amide bonds. The monoisotopic (exact) mass is 290 g/mol. The number of carbonyl (C=O) groups excluding carboxylic acids is 1. The molecule has 8 nitrogen and oxygen atoms in total. The van der Waals surface area contributed by atoms with E-state index in [1.807, 2.05) is 19.3 Å². The first kappa shape index (κ1) is 13.7. The molecule has 1 saturated heterocycles. The fourth-order valence-electron chi connectivity index (χ4n) is 2.34. The Morgan fingerprint density at radius 3 is 3.24 bits per heavy atom. The van der Waals surface area contributed by atoms with Crippen LogP contribution in [0.1, 0.15) is 41.1 Å². The molecule has 0 aliphatic carbocycles. The van der Waals surface area contributed by atoms with Crippen LogP contribution >= 0.6 is 0 Å². The Kier molecular flexibility index (Phi) is 3.96. The van der Waals surface area contributed by atoms with Gasteiger partial charge in [-0.2, -0.15) is 10.1 Å². The average Bonchev–Trinajstić information content (AvgIpc) is 3.19. The van der Waals surface area contributed by atoms with Crippen LogP contribution in [0.25, 0.3) is 0 Å². The zero-order valence-corrected chi connectivity index (χ0v) is 11.9. The van der Waals surface area contributed by atoms with Crippen LogP contribution in [0, 0.1) is 0 Å². The molecule has 2 aromatic rings. The minimum absolute atomic E-state index is 0.0765. The molecule has 0 radical (unpaired) electrons. The van der Waals surface area contributed by atoms with Crippen LogP contribution in [0.4, 0.5) is 0 Å². The summed E-state index contributed by atoms with van der Waals surface area (Å²) >= 11 is 0. The predicted octanol–water partition coefficient (Wildman–Crippen LogP) is 0.200. The van der Waals surface area contributed by atoms with Gasteiger partial charge in [-0.15, -0.1) is 0 Å². The van der Waals surface area contributed by atoms with E-state index in [0.717, 1.165) is 25.1 Å². The number of nitrogens with one attached hydrogen (secondary N) is 2. The largest absolute Gasteiger partial charge is 0.349 e. The lowest BCUT2D eigenvalue weighted by Crippen LogP contribution is -2.27. The zero-order valence-electron chi connectivity index (χ0n) is 11.9. The van der Waals surface area contributed by atoms with E-state index in [0.29, 0.717) is 18.9 Å². The second kappa shape index (κ2) is 6.04. The van der Waals surface area contributed by atoms with Gasteiger partial charge in [0.2, 0.25) is 5.89 Å². The average molecular weight is 290 g/mol. The molecule has 0 spiro atoms. The van der Waals surface area contributed by atoms with Gasteiger partial charge >= 0.3 is 0 Å². The third kappa shape index (κ3) is 3.27. The van der Waals surface area contributed by atoms with Gasteiger partial charge in [-0.1, -0.05) is 5.16 Å². The van der Waals surface area contributed by atoms with Crippen molar-refractivity contribution in [2.45, 2.75) is 25.3 Å². The van der Waals surface area contributed by atoms with Gasteiger partial charge in [-0.05, 0) is 25.5 Å². The van der Waals surface area contributed by atoms with E-state index in [1.165, 1.54) is 0 Å². The highest BCUT2D eigenvalue weighted by atomic mass is 16.5. The summed E-state index contributed by atoms with van der Waals surface area (Å²) in [7, 11) is 1.86. The standard InChI is InChI=1S/C13H18N6O2/c1-19-8-5-9(17-19)4-7-15-12(20)11-16-13(21-18-11)10-3-2-6-14-10/h5,8,10,14H,2-4,6-7H2,1H3,(H,15,20). The maximum absolute atomic E-state index is 11.9. The van der Waals surface area contributed by atoms with E-state index in [9.17, 15) is 4.79 Å². The first-order valence-corrected chi connectivity index (χ1v) is 7.06. The minimum Gasteiger partial charge on any atom is -0.349 e. The first-order valence-electron chi connectivity index (χ1n) is 7.06. The Bertz CT molecular complexity index is 614. The summed E-state index contributed by atoms with van der Waals surface area (Å²) < 4.78 is 6.87. The molecule has 1 aliphatic heterocycles. The van der Waals surface area contributed by atoms with Gasteiger partial charge in [0.1, 0.15) is 0 Å². The SMILES string of the molecule is Cn1ccc(CCNC(=O)c2noc(C3CCCN3)n2)n1. The quantitative estimate of drug-likeness (QED) is 0.816. The third-order valence-electron chi connectivity index (χ3n) is 3.44. The zero-order chi connectivity index (χ0) is 14.7. The highest BCUT2D eigenvalue weighted by Crippen LogP contribution is 2.20. The molecule has 3 heterocycles. The van der Waals surface area contributed by atoms with Crippen molar-refractivity contribution in [1.29, 1.82) is 0 Å². The lowest BCUT2D eigenvalue weighted by molar-refractivity contribution is 0.0940. The number of aromatic nitrogens is 4. The van der Waals surface area contributed by atoms with Crippen molar-refractivity contribution in [3.63, 3.8) is 0 Å². The molecule has 2 N–H and O–H groups in total. The van der Waals surface area contributed by atoms with Gasteiger partial charge < -0.3 is 15.2 Å². The number of hydrogen-bond acceptors (Lipinski definition) is 6. The van der Waals surface area contributed by atoms with Gasteiger partial charge in [0, 0.05) is 26.2 Å². The van der Waals surface area contributed by atoms with Crippen LogP contribution in [-0.2, 0) is 13.5 Å². The van der Waals surface area contributed by atoms with E-state index in [-0.39, 0.29) is 17.8 Å².